The number of rotatable bonds is 9. The Balaban J connectivity index is 1.46. The first-order chi connectivity index (χ1) is 17.9. The monoisotopic (exact) mass is 500 g/mol. The van der Waals surface area contributed by atoms with E-state index in [0.717, 1.165) is 12.0 Å². The van der Waals surface area contributed by atoms with E-state index in [1.807, 2.05) is 42.3 Å². The van der Waals surface area contributed by atoms with Crippen molar-refractivity contribution in [2.75, 3.05) is 30.4 Å². The second kappa shape index (κ2) is 11.3. The summed E-state index contributed by atoms with van der Waals surface area (Å²) >= 11 is 0. The first-order valence-electron chi connectivity index (χ1n) is 11.7. The molecular weight excluding hydrogens is 472 g/mol. The van der Waals surface area contributed by atoms with Crippen LogP contribution in [0.15, 0.2) is 73.4 Å². The van der Waals surface area contributed by atoms with Crippen molar-refractivity contribution in [3.8, 4) is 0 Å². The van der Waals surface area contributed by atoms with E-state index in [4.69, 9.17) is 10.5 Å². The third kappa shape index (κ3) is 6.10. The summed E-state index contributed by atoms with van der Waals surface area (Å²) in [6.07, 6.45) is 3.55. The number of carbonyl (C=O) groups excluding carboxylic acids is 3. The van der Waals surface area contributed by atoms with Crippen LogP contribution in [0.2, 0.25) is 0 Å². The van der Waals surface area contributed by atoms with Gasteiger partial charge in [0, 0.05) is 31.9 Å². The van der Waals surface area contributed by atoms with Crippen LogP contribution < -0.4 is 16.0 Å². The average molecular weight is 501 g/mol. The van der Waals surface area contributed by atoms with Gasteiger partial charge >= 0.3 is 5.97 Å². The van der Waals surface area contributed by atoms with E-state index in [1.165, 1.54) is 12.3 Å². The van der Waals surface area contributed by atoms with Gasteiger partial charge in [0.05, 0.1) is 11.8 Å². The van der Waals surface area contributed by atoms with Gasteiger partial charge < -0.3 is 25.6 Å². The highest BCUT2D eigenvalue weighted by atomic mass is 16.5. The molecule has 3 N–H and O–H groups in total. The van der Waals surface area contributed by atoms with Crippen molar-refractivity contribution >= 4 is 35.1 Å². The zero-order chi connectivity index (χ0) is 26.4. The van der Waals surface area contributed by atoms with Crippen LogP contribution in [-0.4, -0.2) is 58.8 Å². The molecule has 10 heteroatoms. The largest absolute Gasteiger partial charge is 0.457 e. The minimum atomic E-state index is -0.728. The van der Waals surface area contributed by atoms with Crippen molar-refractivity contribution in [3.05, 3.63) is 90.3 Å². The maximum Gasteiger partial charge on any atom is 0.338 e. The second-order valence-corrected chi connectivity index (χ2v) is 8.60. The summed E-state index contributed by atoms with van der Waals surface area (Å²) in [7, 11) is 1.86. The molecule has 10 nitrogen and oxygen atoms in total. The molecular formula is C27H28N6O4. The maximum absolute atomic E-state index is 12.4. The quantitative estimate of drug-likeness (QED) is 0.339. The van der Waals surface area contributed by atoms with E-state index in [1.54, 1.807) is 29.2 Å². The number of aromatic nitrogens is 2. The van der Waals surface area contributed by atoms with Crippen LogP contribution in [0.4, 0.5) is 17.3 Å². The predicted molar refractivity (Wildman–Crippen MR) is 139 cm³/mol. The van der Waals surface area contributed by atoms with Crippen molar-refractivity contribution in [1.82, 2.24) is 14.9 Å². The van der Waals surface area contributed by atoms with Gasteiger partial charge in [-0.05, 0) is 42.3 Å². The molecule has 0 bridgehead atoms. The van der Waals surface area contributed by atoms with Crippen LogP contribution in [-0.2, 0) is 16.1 Å². The van der Waals surface area contributed by atoms with Gasteiger partial charge in [0.15, 0.2) is 11.5 Å². The van der Waals surface area contributed by atoms with Crippen molar-refractivity contribution < 1.29 is 19.1 Å². The number of benzene rings is 2. The second-order valence-electron chi connectivity index (χ2n) is 8.60. The lowest BCUT2D eigenvalue weighted by Gasteiger charge is -2.26. The zero-order valence-corrected chi connectivity index (χ0v) is 20.5. The fourth-order valence-electron chi connectivity index (χ4n) is 4.02. The number of primary amides is 1. The fourth-order valence-corrected chi connectivity index (χ4v) is 4.02. The van der Waals surface area contributed by atoms with Crippen molar-refractivity contribution in [1.29, 1.82) is 0 Å². The van der Waals surface area contributed by atoms with Gasteiger partial charge in [0.1, 0.15) is 12.4 Å². The minimum Gasteiger partial charge on any atom is -0.457 e. The highest BCUT2D eigenvalue weighted by Crippen LogP contribution is 2.24. The van der Waals surface area contributed by atoms with Crippen molar-refractivity contribution in [3.63, 3.8) is 0 Å². The van der Waals surface area contributed by atoms with Gasteiger partial charge in [-0.3, -0.25) is 9.59 Å². The molecule has 1 aliphatic heterocycles. The molecule has 0 radical (unpaired) electrons. The smallest absolute Gasteiger partial charge is 0.338 e. The Hall–Kier alpha value is -4.73. The molecule has 1 atom stereocenters. The zero-order valence-electron chi connectivity index (χ0n) is 20.5. The Morgan fingerprint density at radius 2 is 1.92 bits per heavy atom. The first kappa shape index (κ1) is 25.4. The number of ether oxygens (including phenoxy) is 1. The van der Waals surface area contributed by atoms with Gasteiger partial charge in [0.25, 0.3) is 5.91 Å². The van der Waals surface area contributed by atoms with Crippen LogP contribution in [0.3, 0.4) is 0 Å². The molecule has 0 unspecified atom stereocenters. The number of nitrogens with two attached hydrogens (primary N) is 1. The van der Waals surface area contributed by atoms with E-state index >= 15 is 0 Å². The van der Waals surface area contributed by atoms with Gasteiger partial charge in [-0.25, -0.2) is 14.8 Å². The number of esters is 1. The van der Waals surface area contributed by atoms with Crippen LogP contribution in [0, 0.1) is 0 Å². The Morgan fingerprint density at radius 3 is 2.59 bits per heavy atom. The number of hydrogen-bond acceptors (Lipinski definition) is 8. The van der Waals surface area contributed by atoms with E-state index in [2.05, 4.69) is 21.9 Å². The number of likely N-dealkylation sites (N-methyl/N-ethyl adjacent to an activating group) is 1. The Bertz CT molecular complexity index is 1300. The van der Waals surface area contributed by atoms with Crippen molar-refractivity contribution in [2.45, 2.75) is 19.1 Å². The Kier molecular flexibility index (Phi) is 7.77. The molecule has 3 aromatic rings. The lowest BCUT2D eigenvalue weighted by molar-refractivity contribution is -0.125. The number of nitrogens with zero attached hydrogens (tertiary/aromatic N) is 4. The number of carbonyl (C=O) groups is 3. The molecule has 1 aliphatic rings. The molecule has 4 rings (SSSR count). The lowest BCUT2D eigenvalue weighted by atomic mass is 10.2. The third-order valence-corrected chi connectivity index (χ3v) is 6.15. The standard InChI is InChI=1S/C27H28N6O4/c1-3-23(34)33-14-13-21(16-33)32(2)22-15-29-24(25(28)35)26(31-22)30-20-11-9-19(10-12-20)27(36)37-17-18-7-5-4-6-8-18/h3-12,15,21H,1,13-14,16-17H2,2H3,(H2,28,35)(H,30,31)/t21-/m1/s1. The molecule has 1 aromatic heterocycles. The maximum atomic E-state index is 12.4. The third-order valence-electron chi connectivity index (χ3n) is 6.15. The summed E-state index contributed by atoms with van der Waals surface area (Å²) in [5.74, 6) is -0.577. The highest BCUT2D eigenvalue weighted by molar-refractivity contribution is 5.96. The summed E-state index contributed by atoms with van der Waals surface area (Å²) in [5.41, 5.74) is 7.37. The number of likely N-dealkylation sites (tertiary alicyclic amines) is 1. The summed E-state index contributed by atoms with van der Waals surface area (Å²) in [5, 5.41) is 3.07. The molecule has 2 aromatic carbocycles. The summed E-state index contributed by atoms with van der Waals surface area (Å²) in [6, 6.07) is 16.0. The topological polar surface area (TPSA) is 131 Å². The van der Waals surface area contributed by atoms with Gasteiger partial charge in [-0.2, -0.15) is 0 Å². The minimum absolute atomic E-state index is 0.0154. The van der Waals surface area contributed by atoms with E-state index in [0.29, 0.717) is 30.2 Å². The molecule has 1 saturated heterocycles. The van der Waals surface area contributed by atoms with E-state index < -0.39 is 11.9 Å². The molecule has 0 aliphatic carbocycles. The SMILES string of the molecule is C=CC(=O)N1CC[C@@H](N(C)c2cnc(C(N)=O)c(Nc3ccc(C(=O)OCc4ccccc4)cc3)n2)C1. The summed E-state index contributed by atoms with van der Waals surface area (Å²) in [4.78, 5) is 48.8. The summed E-state index contributed by atoms with van der Waals surface area (Å²) < 4.78 is 5.36. The van der Waals surface area contributed by atoms with Crippen molar-refractivity contribution in [2.24, 2.45) is 5.73 Å². The van der Waals surface area contributed by atoms with Gasteiger partial charge in [-0.1, -0.05) is 36.9 Å². The van der Waals surface area contributed by atoms with E-state index in [9.17, 15) is 14.4 Å². The molecule has 37 heavy (non-hydrogen) atoms. The van der Waals surface area contributed by atoms with Crippen LogP contribution in [0.25, 0.3) is 0 Å². The summed E-state index contributed by atoms with van der Waals surface area (Å²) in [6.45, 7) is 4.88. The number of amides is 2. The number of nitrogens with one attached hydrogen (secondary N) is 1. The highest BCUT2D eigenvalue weighted by Gasteiger charge is 2.29. The number of hydrogen-bond donors (Lipinski definition) is 2. The predicted octanol–water partition coefficient (Wildman–Crippen LogP) is 2.90. The Labute approximate surface area is 214 Å². The van der Waals surface area contributed by atoms with E-state index in [-0.39, 0.29) is 30.1 Å². The Morgan fingerprint density at radius 1 is 1.19 bits per heavy atom. The molecule has 0 spiro atoms. The number of anilines is 3. The van der Waals surface area contributed by atoms with Crippen LogP contribution >= 0.6 is 0 Å². The molecule has 190 valence electrons. The molecule has 2 amide bonds. The van der Waals surface area contributed by atoms with Crippen LogP contribution in [0.1, 0.15) is 32.8 Å². The molecule has 1 fully saturated rings. The average Bonchev–Trinajstić information content (AvgIpc) is 3.42. The molecule has 0 saturated carbocycles. The van der Waals surface area contributed by atoms with Gasteiger partial charge in [0.2, 0.25) is 5.91 Å². The fraction of sp³-hybridized carbons (Fsp3) is 0.222. The normalized spacial score (nSPS) is 14.6. The molecule has 2 heterocycles. The first-order valence-corrected chi connectivity index (χ1v) is 11.7. The lowest BCUT2D eigenvalue weighted by Crippen LogP contribution is -2.36. The van der Waals surface area contributed by atoms with Crippen LogP contribution in [0.5, 0.6) is 0 Å². The van der Waals surface area contributed by atoms with Gasteiger partial charge in [-0.15, -0.1) is 0 Å².